The van der Waals surface area contributed by atoms with Crippen LogP contribution in [0.5, 0.6) is 0 Å². The molecule has 0 radical (unpaired) electrons. The first-order valence-electron chi connectivity index (χ1n) is 19.6. The maximum absolute atomic E-state index is 5.27. The lowest BCUT2D eigenvalue weighted by Gasteiger charge is -2.30. The molecule has 0 saturated heterocycles. The van der Waals surface area contributed by atoms with Crippen molar-refractivity contribution in [3.8, 4) is 45.3 Å². The fourth-order valence-electron chi connectivity index (χ4n) is 7.51. The molecular formula is C52H48N4. The van der Waals surface area contributed by atoms with Gasteiger partial charge in [-0.1, -0.05) is 198 Å². The van der Waals surface area contributed by atoms with E-state index in [2.05, 4.69) is 180 Å². The second-order valence-electron chi connectivity index (χ2n) is 16.5. The van der Waals surface area contributed by atoms with Gasteiger partial charge in [0.1, 0.15) is 0 Å². The predicted octanol–water partition coefficient (Wildman–Crippen LogP) is 13.0. The van der Waals surface area contributed by atoms with Crippen LogP contribution in [0.25, 0.3) is 45.3 Å². The topological polar surface area (TPSA) is 51.0 Å². The number of rotatable bonds is 9. The lowest BCUT2D eigenvalue weighted by molar-refractivity contribution is 0.464. The van der Waals surface area contributed by atoms with Crippen LogP contribution < -0.4 is 0 Å². The van der Waals surface area contributed by atoms with Crippen LogP contribution in [0.15, 0.2) is 180 Å². The number of hydrogen-bond acceptors (Lipinski definition) is 4. The summed E-state index contributed by atoms with van der Waals surface area (Å²) in [6, 6.07) is 57.6. The minimum absolute atomic E-state index is 0.0762. The van der Waals surface area contributed by atoms with Crippen LogP contribution in [0.1, 0.15) is 69.3 Å². The summed E-state index contributed by atoms with van der Waals surface area (Å²) in [5.74, 6) is 1.97. The van der Waals surface area contributed by atoms with Gasteiger partial charge in [-0.3, -0.25) is 4.99 Å². The Morgan fingerprint density at radius 2 is 0.964 bits per heavy atom. The van der Waals surface area contributed by atoms with Crippen LogP contribution >= 0.6 is 0 Å². The average molecular weight is 729 g/mol. The molecule has 1 unspecified atom stereocenters. The molecule has 4 heteroatoms. The van der Waals surface area contributed by atoms with Crippen molar-refractivity contribution in [1.82, 2.24) is 15.0 Å². The first kappa shape index (κ1) is 36.7. The summed E-state index contributed by atoms with van der Waals surface area (Å²) in [6.07, 6.45) is 4.15. The monoisotopic (exact) mass is 728 g/mol. The third-order valence-corrected chi connectivity index (χ3v) is 10.9. The van der Waals surface area contributed by atoms with Gasteiger partial charge in [0, 0.05) is 16.7 Å². The molecule has 0 bridgehead atoms. The van der Waals surface area contributed by atoms with Gasteiger partial charge >= 0.3 is 0 Å². The maximum Gasteiger partial charge on any atom is 0.164 e. The molecule has 8 rings (SSSR count). The van der Waals surface area contributed by atoms with Gasteiger partial charge < -0.3 is 0 Å². The van der Waals surface area contributed by atoms with Crippen LogP contribution in [0.3, 0.4) is 0 Å². The summed E-state index contributed by atoms with van der Waals surface area (Å²) in [5, 5.41) is 0. The van der Waals surface area contributed by atoms with Crippen molar-refractivity contribution >= 4 is 5.71 Å². The molecule has 0 amide bonds. The number of allylic oxidation sites excluding steroid dienone is 1. The molecule has 1 aliphatic heterocycles. The van der Waals surface area contributed by atoms with Gasteiger partial charge in [-0.25, -0.2) is 15.0 Å². The van der Waals surface area contributed by atoms with Gasteiger partial charge in [0.25, 0.3) is 0 Å². The quantitative estimate of drug-likeness (QED) is 0.149. The standard InChI is InChI=1S/C52H48N4/c1-51(2,3)45-33-46(39-18-11-7-12-19-39)53-47(34-45)40-26-24-36(25-27-40)35-52(4,5)44-23-15-22-43(32-44)50-55-48(41-20-13-8-14-21-41)54-49(56-50)42-30-28-38(29-31-42)37-16-9-6-10-17-37/h6-32,34,46H,33,35H2,1-5H3. The summed E-state index contributed by atoms with van der Waals surface area (Å²) in [4.78, 5) is 20.3. The van der Waals surface area contributed by atoms with Crippen molar-refractivity contribution in [3.05, 3.63) is 198 Å². The van der Waals surface area contributed by atoms with Gasteiger partial charge in [-0.2, -0.15) is 0 Å². The molecule has 2 heterocycles. The Labute approximate surface area is 331 Å². The van der Waals surface area contributed by atoms with Gasteiger partial charge in [0.15, 0.2) is 17.5 Å². The molecule has 1 aromatic heterocycles. The van der Waals surface area contributed by atoms with Gasteiger partial charge in [0.2, 0.25) is 0 Å². The highest BCUT2D eigenvalue weighted by Gasteiger charge is 2.27. The summed E-state index contributed by atoms with van der Waals surface area (Å²) < 4.78 is 0. The molecule has 1 atom stereocenters. The fourth-order valence-corrected chi connectivity index (χ4v) is 7.51. The van der Waals surface area contributed by atoms with Gasteiger partial charge in [-0.05, 0) is 69.2 Å². The third-order valence-electron chi connectivity index (χ3n) is 10.9. The van der Waals surface area contributed by atoms with E-state index in [-0.39, 0.29) is 16.9 Å². The first-order chi connectivity index (χ1) is 27.1. The fraction of sp³-hybridized carbons (Fsp3) is 0.192. The van der Waals surface area contributed by atoms with Gasteiger partial charge in [0.05, 0.1) is 11.8 Å². The highest BCUT2D eigenvalue weighted by atomic mass is 15.0. The van der Waals surface area contributed by atoms with E-state index in [9.17, 15) is 0 Å². The zero-order chi connectivity index (χ0) is 38.7. The van der Waals surface area contributed by atoms with Crippen molar-refractivity contribution in [2.24, 2.45) is 10.4 Å². The molecule has 276 valence electrons. The number of benzene rings is 6. The van der Waals surface area contributed by atoms with E-state index >= 15 is 0 Å². The molecule has 0 fully saturated rings. The third kappa shape index (κ3) is 8.21. The number of aromatic nitrogens is 3. The maximum atomic E-state index is 5.27. The van der Waals surface area contributed by atoms with Crippen LogP contribution in [0, 0.1) is 5.41 Å². The highest BCUT2D eigenvalue weighted by Crippen LogP contribution is 2.39. The molecule has 1 aliphatic rings. The summed E-state index contributed by atoms with van der Waals surface area (Å²) in [5.41, 5.74) is 12.6. The van der Waals surface area contributed by atoms with Gasteiger partial charge in [-0.15, -0.1) is 0 Å². The van der Waals surface area contributed by atoms with Crippen LogP contribution in [0.4, 0.5) is 0 Å². The number of aliphatic imine (C=N–C) groups is 1. The molecule has 0 saturated carbocycles. The number of nitrogens with zero attached hydrogens (tertiary/aromatic N) is 4. The summed E-state index contributed by atoms with van der Waals surface area (Å²) >= 11 is 0. The van der Waals surface area contributed by atoms with E-state index in [1.165, 1.54) is 27.8 Å². The molecule has 7 aromatic rings. The molecule has 0 spiro atoms. The lowest BCUT2D eigenvalue weighted by atomic mass is 9.78. The molecule has 0 N–H and O–H groups in total. The summed E-state index contributed by atoms with van der Waals surface area (Å²) in [6.45, 7) is 11.5. The van der Waals surface area contributed by atoms with E-state index in [1.54, 1.807) is 0 Å². The molecule has 6 aromatic carbocycles. The minimum atomic E-state index is -0.150. The number of dihydropyridines is 1. The lowest BCUT2D eigenvalue weighted by Crippen LogP contribution is -2.21. The van der Waals surface area contributed by atoms with Crippen LogP contribution in [-0.4, -0.2) is 20.7 Å². The summed E-state index contributed by atoms with van der Waals surface area (Å²) in [7, 11) is 0. The minimum Gasteiger partial charge on any atom is -0.276 e. The molecule has 4 nitrogen and oxygen atoms in total. The largest absolute Gasteiger partial charge is 0.276 e. The SMILES string of the molecule is CC(C)(C)C1=CC(c2ccc(CC(C)(C)c3cccc(-c4nc(-c5ccccc5)nc(-c5ccc(-c6ccccc6)cc5)n4)c3)cc2)=NC(c2ccccc2)C1. The number of hydrogen-bond donors (Lipinski definition) is 0. The van der Waals surface area contributed by atoms with E-state index in [4.69, 9.17) is 19.9 Å². The Bertz CT molecular complexity index is 2490. The van der Waals surface area contributed by atoms with Crippen molar-refractivity contribution in [1.29, 1.82) is 0 Å². The van der Waals surface area contributed by atoms with E-state index in [0.29, 0.717) is 17.5 Å². The second kappa shape index (κ2) is 15.5. The van der Waals surface area contributed by atoms with Crippen LogP contribution in [0.2, 0.25) is 0 Å². The zero-order valence-electron chi connectivity index (χ0n) is 32.9. The van der Waals surface area contributed by atoms with Crippen molar-refractivity contribution in [3.63, 3.8) is 0 Å². The Morgan fingerprint density at radius 1 is 0.482 bits per heavy atom. The van der Waals surface area contributed by atoms with Crippen molar-refractivity contribution in [2.75, 3.05) is 0 Å². The first-order valence-corrected chi connectivity index (χ1v) is 19.6. The molecule has 0 aliphatic carbocycles. The van der Waals surface area contributed by atoms with Crippen molar-refractivity contribution in [2.45, 2.75) is 58.9 Å². The Morgan fingerprint density at radius 3 is 1.57 bits per heavy atom. The zero-order valence-corrected chi connectivity index (χ0v) is 32.9. The highest BCUT2D eigenvalue weighted by molar-refractivity contribution is 6.09. The molecule has 56 heavy (non-hydrogen) atoms. The van der Waals surface area contributed by atoms with E-state index < -0.39 is 0 Å². The van der Waals surface area contributed by atoms with E-state index in [1.807, 2.05) is 24.3 Å². The van der Waals surface area contributed by atoms with Crippen LogP contribution in [-0.2, 0) is 11.8 Å². The predicted molar refractivity (Wildman–Crippen MR) is 233 cm³/mol. The average Bonchev–Trinajstić information content (AvgIpc) is 3.24. The van der Waals surface area contributed by atoms with Crippen molar-refractivity contribution < 1.29 is 0 Å². The normalized spacial score (nSPS) is 14.6. The van der Waals surface area contributed by atoms with E-state index in [0.717, 1.165) is 46.4 Å². The Hall–Kier alpha value is -6.26. The molecular weight excluding hydrogens is 681 g/mol. The Kier molecular flexibility index (Phi) is 10.1. The Balaban J connectivity index is 1.07. The smallest absolute Gasteiger partial charge is 0.164 e. The second-order valence-corrected chi connectivity index (χ2v) is 16.5.